The van der Waals surface area contributed by atoms with Crippen LogP contribution in [0, 0.1) is 18.7 Å². The molecule has 1 aliphatic heterocycles. The first-order valence-corrected chi connectivity index (χ1v) is 10.7. The summed E-state index contributed by atoms with van der Waals surface area (Å²) >= 11 is 0. The average Bonchev–Trinajstić information content (AvgIpc) is 3.44. The molecule has 2 heterocycles. The highest BCUT2D eigenvalue weighted by Gasteiger charge is 2.37. The number of hydrogen-bond acceptors (Lipinski definition) is 7. The topological polar surface area (TPSA) is 94.8 Å². The Bertz CT molecular complexity index is 1160. The van der Waals surface area contributed by atoms with Crippen LogP contribution < -0.4 is 9.64 Å². The van der Waals surface area contributed by atoms with Gasteiger partial charge < -0.3 is 18.9 Å². The van der Waals surface area contributed by atoms with Crippen molar-refractivity contribution in [3.63, 3.8) is 0 Å². The summed E-state index contributed by atoms with van der Waals surface area (Å²) in [6.07, 6.45) is -0.764. The van der Waals surface area contributed by atoms with Crippen LogP contribution in [0.1, 0.15) is 37.8 Å². The highest BCUT2D eigenvalue weighted by atomic mass is 19.1. The van der Waals surface area contributed by atoms with Gasteiger partial charge in [-0.15, -0.1) is 0 Å². The standard InChI is InChI=1S/C24H24FN3O5/c1-4-31-19-9-7-18(8-10-19)28-13-17(12-21(28)29)24(30)32-15(3)23-26-22(27-33-23)16-6-5-14(2)20(25)11-16/h5-11,15,17H,4,12-13H2,1-3H3. The predicted molar refractivity (Wildman–Crippen MR) is 117 cm³/mol. The zero-order valence-corrected chi connectivity index (χ0v) is 18.6. The lowest BCUT2D eigenvalue weighted by Gasteiger charge is -2.17. The fraction of sp³-hybridized carbons (Fsp3) is 0.333. The lowest BCUT2D eigenvalue weighted by molar-refractivity contribution is -0.154. The van der Waals surface area contributed by atoms with Crippen molar-refractivity contribution in [1.82, 2.24) is 10.1 Å². The molecule has 0 saturated carbocycles. The Morgan fingerprint density at radius 3 is 2.73 bits per heavy atom. The van der Waals surface area contributed by atoms with Crippen LogP contribution in [0.4, 0.5) is 10.1 Å². The zero-order valence-electron chi connectivity index (χ0n) is 18.6. The molecule has 4 rings (SSSR count). The van der Waals surface area contributed by atoms with E-state index in [9.17, 15) is 14.0 Å². The number of carbonyl (C=O) groups excluding carboxylic acids is 2. The number of aromatic nitrogens is 2. The van der Waals surface area contributed by atoms with Crippen molar-refractivity contribution in [2.24, 2.45) is 5.92 Å². The lowest BCUT2D eigenvalue weighted by Crippen LogP contribution is -2.26. The molecule has 1 aliphatic rings. The molecule has 1 amide bonds. The van der Waals surface area contributed by atoms with Crippen molar-refractivity contribution in [3.8, 4) is 17.1 Å². The van der Waals surface area contributed by atoms with Gasteiger partial charge in [-0.2, -0.15) is 4.98 Å². The van der Waals surface area contributed by atoms with E-state index in [-0.39, 0.29) is 36.4 Å². The van der Waals surface area contributed by atoms with E-state index < -0.39 is 18.0 Å². The Balaban J connectivity index is 1.38. The summed E-state index contributed by atoms with van der Waals surface area (Å²) in [7, 11) is 0. The van der Waals surface area contributed by atoms with E-state index in [0.717, 1.165) is 0 Å². The van der Waals surface area contributed by atoms with Gasteiger partial charge >= 0.3 is 5.97 Å². The third-order valence-electron chi connectivity index (χ3n) is 5.43. The predicted octanol–water partition coefficient (Wildman–Crippen LogP) is 4.24. The van der Waals surface area contributed by atoms with Crippen molar-refractivity contribution in [1.29, 1.82) is 0 Å². The molecule has 0 radical (unpaired) electrons. The van der Waals surface area contributed by atoms with Gasteiger partial charge in [0.25, 0.3) is 5.89 Å². The Labute approximate surface area is 190 Å². The van der Waals surface area contributed by atoms with E-state index in [1.165, 1.54) is 6.07 Å². The van der Waals surface area contributed by atoms with E-state index in [2.05, 4.69) is 10.1 Å². The molecule has 0 N–H and O–H groups in total. The number of carbonyl (C=O) groups is 2. The van der Waals surface area contributed by atoms with Crippen LogP contribution in [0.3, 0.4) is 0 Å². The minimum atomic E-state index is -0.816. The van der Waals surface area contributed by atoms with Crippen LogP contribution >= 0.6 is 0 Å². The van der Waals surface area contributed by atoms with Crippen molar-refractivity contribution in [2.45, 2.75) is 33.3 Å². The Kier molecular flexibility index (Phi) is 6.39. The third kappa shape index (κ3) is 4.87. The summed E-state index contributed by atoms with van der Waals surface area (Å²) in [5, 5.41) is 3.85. The summed E-state index contributed by atoms with van der Waals surface area (Å²) in [6.45, 7) is 5.93. The molecular formula is C24H24FN3O5. The zero-order chi connectivity index (χ0) is 23.5. The number of aryl methyl sites for hydroxylation is 1. The minimum Gasteiger partial charge on any atom is -0.494 e. The maximum atomic E-state index is 13.8. The highest BCUT2D eigenvalue weighted by molar-refractivity contribution is 5.99. The summed E-state index contributed by atoms with van der Waals surface area (Å²) in [5.74, 6) is -0.663. The molecular weight excluding hydrogens is 429 g/mol. The SMILES string of the molecule is CCOc1ccc(N2CC(C(=O)OC(C)c3nc(-c4ccc(C)c(F)c4)no3)CC2=O)cc1. The molecule has 0 bridgehead atoms. The van der Waals surface area contributed by atoms with Crippen LogP contribution in [-0.2, 0) is 14.3 Å². The van der Waals surface area contributed by atoms with Gasteiger partial charge in [0.05, 0.1) is 12.5 Å². The van der Waals surface area contributed by atoms with E-state index in [0.29, 0.717) is 29.2 Å². The van der Waals surface area contributed by atoms with Crippen molar-refractivity contribution in [3.05, 3.63) is 59.7 Å². The first-order chi connectivity index (χ1) is 15.9. The summed E-state index contributed by atoms with van der Waals surface area (Å²) in [5.41, 5.74) is 1.66. The van der Waals surface area contributed by atoms with Crippen molar-refractivity contribution in [2.75, 3.05) is 18.1 Å². The molecule has 2 atom stereocenters. The van der Waals surface area contributed by atoms with Gasteiger partial charge in [0.1, 0.15) is 11.6 Å². The number of amides is 1. The average molecular weight is 453 g/mol. The van der Waals surface area contributed by atoms with Gasteiger partial charge in [-0.1, -0.05) is 17.3 Å². The molecule has 172 valence electrons. The maximum Gasteiger partial charge on any atom is 0.312 e. The van der Waals surface area contributed by atoms with Crippen molar-refractivity contribution < 1.29 is 28.0 Å². The number of halogens is 1. The Hall–Kier alpha value is -3.75. The second-order valence-corrected chi connectivity index (χ2v) is 7.83. The van der Waals surface area contributed by atoms with Gasteiger partial charge in [-0.25, -0.2) is 4.39 Å². The monoisotopic (exact) mass is 453 g/mol. The van der Waals surface area contributed by atoms with Crippen molar-refractivity contribution >= 4 is 17.6 Å². The van der Waals surface area contributed by atoms with Gasteiger partial charge in [-0.3, -0.25) is 9.59 Å². The number of benzene rings is 2. The number of esters is 1. The second-order valence-electron chi connectivity index (χ2n) is 7.83. The van der Waals surface area contributed by atoms with E-state index in [1.807, 2.05) is 6.92 Å². The smallest absolute Gasteiger partial charge is 0.312 e. The molecule has 33 heavy (non-hydrogen) atoms. The van der Waals surface area contributed by atoms with E-state index in [4.69, 9.17) is 14.0 Å². The van der Waals surface area contributed by atoms with Gasteiger partial charge in [0, 0.05) is 24.2 Å². The van der Waals surface area contributed by atoms with Crippen LogP contribution in [-0.4, -0.2) is 35.2 Å². The largest absolute Gasteiger partial charge is 0.494 e. The number of nitrogens with zero attached hydrogens (tertiary/aromatic N) is 3. The molecule has 8 nitrogen and oxygen atoms in total. The molecule has 9 heteroatoms. The van der Waals surface area contributed by atoms with Gasteiger partial charge in [0.15, 0.2) is 6.10 Å². The molecule has 2 unspecified atom stereocenters. The van der Waals surface area contributed by atoms with E-state index >= 15 is 0 Å². The fourth-order valence-corrected chi connectivity index (χ4v) is 3.57. The Morgan fingerprint density at radius 2 is 2.03 bits per heavy atom. The molecule has 3 aromatic rings. The summed E-state index contributed by atoms with van der Waals surface area (Å²) in [6, 6.07) is 11.8. The molecule has 0 spiro atoms. The second kappa shape index (κ2) is 9.40. The summed E-state index contributed by atoms with van der Waals surface area (Å²) < 4.78 is 29.9. The fourth-order valence-electron chi connectivity index (χ4n) is 3.57. The molecule has 1 fully saturated rings. The quantitative estimate of drug-likeness (QED) is 0.494. The molecule has 0 aliphatic carbocycles. The lowest BCUT2D eigenvalue weighted by atomic mass is 10.1. The number of anilines is 1. The van der Waals surface area contributed by atoms with Gasteiger partial charge in [0.2, 0.25) is 11.7 Å². The third-order valence-corrected chi connectivity index (χ3v) is 5.43. The highest BCUT2D eigenvalue weighted by Crippen LogP contribution is 2.29. The maximum absolute atomic E-state index is 13.8. The summed E-state index contributed by atoms with van der Waals surface area (Å²) in [4.78, 5) is 31.0. The number of rotatable bonds is 7. The van der Waals surface area contributed by atoms with Crippen LogP contribution in [0.5, 0.6) is 5.75 Å². The van der Waals surface area contributed by atoms with Crippen LogP contribution in [0.25, 0.3) is 11.4 Å². The van der Waals surface area contributed by atoms with Crippen LogP contribution in [0.2, 0.25) is 0 Å². The molecule has 1 aromatic heterocycles. The Morgan fingerprint density at radius 1 is 1.27 bits per heavy atom. The number of ether oxygens (including phenoxy) is 2. The first-order valence-electron chi connectivity index (χ1n) is 10.7. The number of hydrogen-bond donors (Lipinski definition) is 0. The van der Waals surface area contributed by atoms with Crippen LogP contribution in [0.15, 0.2) is 47.0 Å². The first kappa shape index (κ1) is 22.4. The molecule has 2 aromatic carbocycles. The normalized spacial score (nSPS) is 16.7. The van der Waals surface area contributed by atoms with Gasteiger partial charge in [-0.05, 0) is 56.7 Å². The molecule has 1 saturated heterocycles. The van der Waals surface area contributed by atoms with E-state index in [1.54, 1.807) is 55.1 Å². The minimum absolute atomic E-state index is 0.0521.